The van der Waals surface area contributed by atoms with E-state index >= 15 is 0 Å². The number of carbonyl (C=O) groups excluding carboxylic acids is 1. The summed E-state index contributed by atoms with van der Waals surface area (Å²) in [6.45, 7) is 6.07. The molecular weight excluding hydrogens is 305 g/mol. The average molecular weight is 327 g/mol. The highest BCUT2D eigenvalue weighted by Crippen LogP contribution is 2.39. The molecule has 0 bridgehead atoms. The lowest BCUT2D eigenvalue weighted by Gasteiger charge is -2.38. The Morgan fingerprint density at radius 1 is 1.25 bits per heavy atom. The van der Waals surface area contributed by atoms with E-state index in [9.17, 15) is 9.18 Å². The van der Waals surface area contributed by atoms with Crippen molar-refractivity contribution in [2.24, 2.45) is 0 Å². The quantitative estimate of drug-likeness (QED) is 0.922. The van der Waals surface area contributed by atoms with Gasteiger partial charge >= 0.3 is 0 Å². The van der Waals surface area contributed by atoms with Gasteiger partial charge in [-0.15, -0.1) is 0 Å². The van der Waals surface area contributed by atoms with Crippen molar-refractivity contribution in [3.8, 4) is 5.75 Å². The number of halogens is 1. The van der Waals surface area contributed by atoms with Gasteiger partial charge in [-0.1, -0.05) is 29.8 Å². The van der Waals surface area contributed by atoms with Gasteiger partial charge in [-0.05, 0) is 44.5 Å². The summed E-state index contributed by atoms with van der Waals surface area (Å²) in [6, 6.07) is 12.0. The Hall–Kier alpha value is -2.36. The zero-order chi connectivity index (χ0) is 17.3. The summed E-state index contributed by atoms with van der Waals surface area (Å²) in [5.41, 5.74) is 2.61. The van der Waals surface area contributed by atoms with Gasteiger partial charge in [0.25, 0.3) is 0 Å². The predicted octanol–water partition coefficient (Wildman–Crippen LogP) is 4.10. The zero-order valence-electron chi connectivity index (χ0n) is 14.2. The fourth-order valence-corrected chi connectivity index (χ4v) is 3.14. The molecule has 126 valence electrons. The van der Waals surface area contributed by atoms with Crippen molar-refractivity contribution in [3.05, 3.63) is 65.0 Å². The number of carbonyl (C=O) groups is 1. The maximum absolute atomic E-state index is 13.0. The Labute approximate surface area is 141 Å². The molecule has 24 heavy (non-hydrogen) atoms. The molecule has 0 saturated carbocycles. The minimum Gasteiger partial charge on any atom is -0.487 e. The van der Waals surface area contributed by atoms with Crippen molar-refractivity contribution < 1.29 is 13.9 Å². The molecule has 1 atom stereocenters. The molecule has 2 aromatic carbocycles. The lowest BCUT2D eigenvalue weighted by atomic mass is 9.89. The summed E-state index contributed by atoms with van der Waals surface area (Å²) < 4.78 is 19.0. The molecule has 1 heterocycles. The molecule has 0 aromatic heterocycles. The van der Waals surface area contributed by atoms with E-state index in [1.165, 1.54) is 12.1 Å². The molecule has 4 heteroatoms. The first-order valence-electron chi connectivity index (χ1n) is 8.16. The predicted molar refractivity (Wildman–Crippen MR) is 91.5 cm³/mol. The van der Waals surface area contributed by atoms with Gasteiger partial charge in [0.05, 0.1) is 12.5 Å². The van der Waals surface area contributed by atoms with Crippen molar-refractivity contribution >= 4 is 5.91 Å². The monoisotopic (exact) mass is 327 g/mol. The van der Waals surface area contributed by atoms with Crippen LogP contribution in [-0.2, 0) is 11.2 Å². The Morgan fingerprint density at radius 3 is 2.67 bits per heavy atom. The molecule has 0 fully saturated rings. The highest BCUT2D eigenvalue weighted by atomic mass is 19.1. The second kappa shape index (κ2) is 6.27. The van der Waals surface area contributed by atoms with Crippen LogP contribution >= 0.6 is 0 Å². The van der Waals surface area contributed by atoms with Gasteiger partial charge in [-0.3, -0.25) is 4.79 Å². The van der Waals surface area contributed by atoms with Crippen LogP contribution in [0.15, 0.2) is 42.5 Å². The van der Waals surface area contributed by atoms with Crippen LogP contribution in [0.4, 0.5) is 4.39 Å². The van der Waals surface area contributed by atoms with Crippen molar-refractivity contribution in [2.75, 3.05) is 0 Å². The van der Waals surface area contributed by atoms with Crippen LogP contribution in [0.2, 0.25) is 0 Å². The zero-order valence-corrected chi connectivity index (χ0v) is 14.2. The normalized spacial score (nSPS) is 18.4. The third-order valence-corrected chi connectivity index (χ3v) is 4.24. The van der Waals surface area contributed by atoms with Crippen LogP contribution in [0.1, 0.15) is 43.0 Å². The minimum absolute atomic E-state index is 0.0724. The second-order valence-corrected chi connectivity index (χ2v) is 7.03. The van der Waals surface area contributed by atoms with Gasteiger partial charge in [0, 0.05) is 12.0 Å². The Bertz CT molecular complexity index is 753. The lowest BCUT2D eigenvalue weighted by molar-refractivity contribution is -0.121. The summed E-state index contributed by atoms with van der Waals surface area (Å²) >= 11 is 0. The van der Waals surface area contributed by atoms with Crippen molar-refractivity contribution in [1.29, 1.82) is 0 Å². The van der Waals surface area contributed by atoms with Crippen LogP contribution in [-0.4, -0.2) is 11.5 Å². The summed E-state index contributed by atoms with van der Waals surface area (Å²) in [7, 11) is 0. The van der Waals surface area contributed by atoms with E-state index in [2.05, 4.69) is 11.4 Å². The Kier molecular flexibility index (Phi) is 4.31. The molecule has 3 nitrogen and oxygen atoms in total. The molecule has 0 aliphatic carbocycles. The van der Waals surface area contributed by atoms with Crippen LogP contribution < -0.4 is 10.1 Å². The van der Waals surface area contributed by atoms with Crippen LogP contribution in [0, 0.1) is 12.7 Å². The fraction of sp³-hybridized carbons (Fsp3) is 0.350. The number of ether oxygens (including phenoxy) is 1. The maximum atomic E-state index is 13.0. The minimum atomic E-state index is -0.337. The number of hydrogen-bond acceptors (Lipinski definition) is 2. The Morgan fingerprint density at radius 2 is 1.96 bits per heavy atom. The maximum Gasteiger partial charge on any atom is 0.224 e. The van der Waals surface area contributed by atoms with E-state index < -0.39 is 0 Å². The number of hydrogen-bond donors (Lipinski definition) is 1. The third-order valence-electron chi connectivity index (χ3n) is 4.24. The van der Waals surface area contributed by atoms with Gasteiger partial charge in [0.2, 0.25) is 5.91 Å². The fourth-order valence-electron chi connectivity index (χ4n) is 3.14. The molecule has 1 amide bonds. The van der Waals surface area contributed by atoms with E-state index in [1.807, 2.05) is 32.9 Å². The standard InChI is InChI=1S/C20H22FNO2/c1-13-4-9-18-16(10-13)17(12-20(2,3)24-18)22-19(23)11-14-5-7-15(21)8-6-14/h4-10,17H,11-12H2,1-3H3,(H,22,23)/t17-/m0/s1. The Balaban J connectivity index is 1.77. The summed E-state index contributed by atoms with van der Waals surface area (Å²) in [5, 5.41) is 3.11. The number of nitrogens with one attached hydrogen (secondary N) is 1. The van der Waals surface area contributed by atoms with Crippen LogP contribution in [0.3, 0.4) is 0 Å². The molecule has 0 unspecified atom stereocenters. The molecular formula is C20H22FNO2. The molecule has 0 radical (unpaired) electrons. The molecule has 0 spiro atoms. The van der Waals surface area contributed by atoms with Crippen molar-refractivity contribution in [2.45, 2.75) is 45.3 Å². The second-order valence-electron chi connectivity index (χ2n) is 7.03. The number of aryl methyl sites for hydroxylation is 1. The number of rotatable bonds is 3. The van der Waals surface area contributed by atoms with Crippen LogP contribution in [0.5, 0.6) is 5.75 Å². The topological polar surface area (TPSA) is 38.3 Å². The number of benzene rings is 2. The highest BCUT2D eigenvalue weighted by molar-refractivity contribution is 5.79. The van der Waals surface area contributed by atoms with Crippen molar-refractivity contribution in [1.82, 2.24) is 5.32 Å². The smallest absolute Gasteiger partial charge is 0.224 e. The van der Waals surface area contributed by atoms with Crippen molar-refractivity contribution in [3.63, 3.8) is 0 Å². The molecule has 2 aromatic rings. The molecule has 1 aliphatic heterocycles. The van der Waals surface area contributed by atoms with E-state index in [1.54, 1.807) is 12.1 Å². The molecule has 0 saturated heterocycles. The van der Waals surface area contributed by atoms with E-state index in [-0.39, 0.29) is 29.8 Å². The highest BCUT2D eigenvalue weighted by Gasteiger charge is 2.34. The first-order valence-corrected chi connectivity index (χ1v) is 8.16. The first-order chi connectivity index (χ1) is 11.3. The van der Waals surface area contributed by atoms with Gasteiger partial charge in [-0.25, -0.2) is 4.39 Å². The lowest BCUT2D eigenvalue weighted by Crippen LogP contribution is -2.41. The third kappa shape index (κ3) is 3.75. The van der Waals surface area contributed by atoms with Gasteiger partial charge < -0.3 is 10.1 Å². The summed E-state index contributed by atoms with van der Waals surface area (Å²) in [6.07, 6.45) is 0.942. The van der Waals surface area contributed by atoms with Crippen LogP contribution in [0.25, 0.3) is 0 Å². The number of amides is 1. The summed E-state index contributed by atoms with van der Waals surface area (Å²) in [4.78, 5) is 12.4. The first kappa shape index (κ1) is 16.5. The molecule has 3 rings (SSSR count). The molecule has 1 N–H and O–H groups in total. The van der Waals surface area contributed by atoms with Gasteiger partial charge in [0.1, 0.15) is 17.2 Å². The van der Waals surface area contributed by atoms with E-state index in [0.29, 0.717) is 6.42 Å². The molecule has 1 aliphatic rings. The summed E-state index contributed by atoms with van der Waals surface area (Å²) in [5.74, 6) is 0.454. The van der Waals surface area contributed by atoms with E-state index in [4.69, 9.17) is 4.74 Å². The average Bonchev–Trinajstić information content (AvgIpc) is 2.49. The van der Waals surface area contributed by atoms with Gasteiger partial charge in [0.15, 0.2) is 0 Å². The SMILES string of the molecule is Cc1ccc2c(c1)[C@@H](NC(=O)Cc1ccc(F)cc1)CC(C)(C)O2. The number of fused-ring (bicyclic) bond motifs is 1. The largest absolute Gasteiger partial charge is 0.487 e. The van der Waals surface area contributed by atoms with E-state index in [0.717, 1.165) is 22.4 Å². The van der Waals surface area contributed by atoms with Gasteiger partial charge in [-0.2, -0.15) is 0 Å².